The fourth-order valence-corrected chi connectivity index (χ4v) is 2.23. The number of carboxylic acids is 1. The van der Waals surface area contributed by atoms with E-state index in [0.717, 1.165) is 9.36 Å². The van der Waals surface area contributed by atoms with Crippen LogP contribution in [0.3, 0.4) is 0 Å². The normalized spacial score (nSPS) is 11.3. The summed E-state index contributed by atoms with van der Waals surface area (Å²) >= 11 is 0. The number of hydrogen-bond donors (Lipinski definition) is 3. The summed E-state index contributed by atoms with van der Waals surface area (Å²) in [5, 5.41) is 20.6. The van der Waals surface area contributed by atoms with Crippen LogP contribution in [-0.4, -0.2) is 55.5 Å². The van der Waals surface area contributed by atoms with E-state index in [1.165, 1.54) is 12.4 Å². The molecule has 2 rings (SSSR count). The number of aliphatic carboxylic acids is 1. The molecule has 28 heavy (non-hydrogen) atoms. The lowest BCUT2D eigenvalue weighted by Crippen LogP contribution is -2.35. The van der Waals surface area contributed by atoms with Crippen molar-refractivity contribution in [3.05, 3.63) is 35.4 Å². The van der Waals surface area contributed by atoms with Crippen LogP contribution in [0.15, 0.2) is 18.5 Å². The minimum absolute atomic E-state index is 0.00107. The van der Waals surface area contributed by atoms with Gasteiger partial charge in [-0.25, -0.2) is 0 Å². The molecule has 0 aliphatic carbocycles. The van der Waals surface area contributed by atoms with Gasteiger partial charge in [-0.2, -0.15) is 23.4 Å². The van der Waals surface area contributed by atoms with E-state index in [1.807, 2.05) is 0 Å². The molecule has 0 aromatic carbocycles. The molecule has 0 aliphatic rings. The van der Waals surface area contributed by atoms with Crippen LogP contribution >= 0.6 is 0 Å². The van der Waals surface area contributed by atoms with Crippen LogP contribution in [0, 0.1) is 0 Å². The van der Waals surface area contributed by atoms with Crippen molar-refractivity contribution >= 4 is 17.8 Å². The molecule has 0 saturated carbocycles. The molecule has 2 aromatic rings. The third-order valence-corrected chi connectivity index (χ3v) is 3.49. The molecule has 0 fully saturated rings. The molecule has 13 heteroatoms. The molecule has 2 amide bonds. The predicted molar refractivity (Wildman–Crippen MR) is 87.4 cm³/mol. The molecular formula is C15H17F3N6O4. The molecular weight excluding hydrogens is 385 g/mol. The minimum atomic E-state index is -4.66. The SMILES string of the molecule is CCn1nc(C(F)(F)F)cc1C(=O)NCCNC(=O)c1cnn(CC(=O)O)c1. The Morgan fingerprint density at radius 2 is 1.82 bits per heavy atom. The van der Waals surface area contributed by atoms with Crippen molar-refractivity contribution in [2.75, 3.05) is 13.1 Å². The van der Waals surface area contributed by atoms with Gasteiger partial charge in [-0.3, -0.25) is 23.7 Å². The fourth-order valence-electron chi connectivity index (χ4n) is 2.23. The summed E-state index contributed by atoms with van der Waals surface area (Å²) in [4.78, 5) is 34.5. The lowest BCUT2D eigenvalue weighted by Gasteiger charge is -2.07. The number of hydrogen-bond acceptors (Lipinski definition) is 5. The third-order valence-electron chi connectivity index (χ3n) is 3.49. The van der Waals surface area contributed by atoms with Gasteiger partial charge in [0.25, 0.3) is 11.8 Å². The fraction of sp³-hybridized carbons (Fsp3) is 0.400. The zero-order valence-electron chi connectivity index (χ0n) is 14.7. The quantitative estimate of drug-likeness (QED) is 0.547. The summed E-state index contributed by atoms with van der Waals surface area (Å²) in [6, 6.07) is 0.661. The van der Waals surface area contributed by atoms with Crippen molar-refractivity contribution in [2.24, 2.45) is 0 Å². The highest BCUT2D eigenvalue weighted by Crippen LogP contribution is 2.28. The Kier molecular flexibility index (Phi) is 6.38. The average molecular weight is 402 g/mol. The molecule has 2 heterocycles. The van der Waals surface area contributed by atoms with Crippen LogP contribution in [0.4, 0.5) is 13.2 Å². The number of aromatic nitrogens is 4. The standard InChI is InChI=1S/C15H17F3N6O4/c1-2-24-10(5-11(22-24)15(16,17)18)14(28)20-4-3-19-13(27)9-6-21-23(7-9)8-12(25)26/h5-7H,2-4,8H2,1H3,(H,19,27)(H,20,28)(H,25,26). The topological polar surface area (TPSA) is 131 Å². The van der Waals surface area contributed by atoms with Gasteiger partial charge in [0.05, 0.1) is 11.8 Å². The molecule has 0 bridgehead atoms. The van der Waals surface area contributed by atoms with Gasteiger partial charge in [0.2, 0.25) is 0 Å². The first kappa shape index (κ1) is 20.9. The number of carbonyl (C=O) groups is 3. The summed E-state index contributed by atoms with van der Waals surface area (Å²) in [6.45, 7) is 1.20. The number of halogens is 3. The number of nitrogens with zero attached hydrogens (tertiary/aromatic N) is 4. The monoisotopic (exact) mass is 402 g/mol. The summed E-state index contributed by atoms with van der Waals surface area (Å²) in [7, 11) is 0. The van der Waals surface area contributed by atoms with E-state index >= 15 is 0 Å². The van der Waals surface area contributed by atoms with Crippen LogP contribution < -0.4 is 10.6 Å². The zero-order valence-corrected chi connectivity index (χ0v) is 14.7. The number of alkyl halides is 3. The summed E-state index contributed by atoms with van der Waals surface area (Å²) in [5.41, 5.74) is -1.27. The van der Waals surface area contributed by atoms with E-state index < -0.39 is 36.2 Å². The van der Waals surface area contributed by atoms with Crippen LogP contribution in [-0.2, 0) is 24.1 Å². The molecule has 152 valence electrons. The Bertz CT molecular complexity index is 873. The van der Waals surface area contributed by atoms with E-state index in [9.17, 15) is 27.6 Å². The van der Waals surface area contributed by atoms with Gasteiger partial charge < -0.3 is 15.7 Å². The van der Waals surface area contributed by atoms with Crippen LogP contribution in [0.1, 0.15) is 33.5 Å². The second-order valence-corrected chi connectivity index (χ2v) is 5.56. The summed E-state index contributed by atoms with van der Waals surface area (Å²) < 4.78 is 40.2. The number of amides is 2. The van der Waals surface area contributed by atoms with Crippen molar-refractivity contribution in [3.8, 4) is 0 Å². The Morgan fingerprint density at radius 1 is 1.18 bits per heavy atom. The Labute approximate surface area is 156 Å². The van der Waals surface area contributed by atoms with E-state index in [1.54, 1.807) is 6.92 Å². The number of rotatable bonds is 8. The van der Waals surface area contributed by atoms with Gasteiger partial charge in [0.1, 0.15) is 12.2 Å². The lowest BCUT2D eigenvalue weighted by molar-refractivity contribution is -0.141. The third kappa shape index (κ3) is 5.31. The molecule has 0 radical (unpaired) electrons. The van der Waals surface area contributed by atoms with Crippen molar-refractivity contribution in [1.82, 2.24) is 30.2 Å². The van der Waals surface area contributed by atoms with Crippen LogP contribution in [0.25, 0.3) is 0 Å². The van der Waals surface area contributed by atoms with Gasteiger partial charge in [-0.15, -0.1) is 0 Å². The predicted octanol–water partition coefficient (Wildman–Crippen LogP) is 0.363. The van der Waals surface area contributed by atoms with Gasteiger partial charge in [-0.05, 0) is 6.92 Å². The number of aryl methyl sites for hydroxylation is 1. The molecule has 0 aliphatic heterocycles. The zero-order chi connectivity index (χ0) is 20.9. The largest absolute Gasteiger partial charge is 0.480 e. The van der Waals surface area contributed by atoms with E-state index in [2.05, 4.69) is 20.8 Å². The van der Waals surface area contributed by atoms with E-state index in [-0.39, 0.29) is 30.9 Å². The first-order valence-electron chi connectivity index (χ1n) is 8.07. The molecule has 0 saturated heterocycles. The van der Waals surface area contributed by atoms with Gasteiger partial charge in [0, 0.05) is 31.9 Å². The molecule has 2 aromatic heterocycles. The van der Waals surface area contributed by atoms with Crippen molar-refractivity contribution in [2.45, 2.75) is 26.2 Å². The van der Waals surface area contributed by atoms with Crippen molar-refractivity contribution in [1.29, 1.82) is 0 Å². The summed E-state index contributed by atoms with van der Waals surface area (Å²) in [6.07, 6.45) is -2.22. The highest BCUT2D eigenvalue weighted by molar-refractivity contribution is 5.94. The molecule has 0 unspecified atom stereocenters. The maximum atomic E-state index is 12.7. The molecule has 0 spiro atoms. The summed E-state index contributed by atoms with van der Waals surface area (Å²) in [5.74, 6) is -2.41. The van der Waals surface area contributed by atoms with Crippen LogP contribution in [0.5, 0.6) is 0 Å². The van der Waals surface area contributed by atoms with Crippen molar-refractivity contribution < 1.29 is 32.7 Å². The lowest BCUT2D eigenvalue weighted by atomic mass is 10.3. The first-order chi connectivity index (χ1) is 13.1. The molecule has 0 atom stereocenters. The highest BCUT2D eigenvalue weighted by Gasteiger charge is 2.35. The number of carboxylic acid groups (broad SMARTS) is 1. The number of carbonyl (C=O) groups excluding carboxylic acids is 2. The minimum Gasteiger partial charge on any atom is -0.480 e. The maximum Gasteiger partial charge on any atom is 0.435 e. The van der Waals surface area contributed by atoms with Crippen LogP contribution in [0.2, 0.25) is 0 Å². The first-order valence-corrected chi connectivity index (χ1v) is 8.07. The molecule has 3 N–H and O–H groups in total. The highest BCUT2D eigenvalue weighted by atomic mass is 19.4. The van der Waals surface area contributed by atoms with Gasteiger partial charge >= 0.3 is 12.1 Å². The van der Waals surface area contributed by atoms with Crippen molar-refractivity contribution in [3.63, 3.8) is 0 Å². The van der Waals surface area contributed by atoms with E-state index in [4.69, 9.17) is 5.11 Å². The van der Waals surface area contributed by atoms with Gasteiger partial charge in [-0.1, -0.05) is 0 Å². The Balaban J connectivity index is 1.85. The van der Waals surface area contributed by atoms with Gasteiger partial charge in [0.15, 0.2) is 5.69 Å². The second kappa shape index (κ2) is 8.54. The van der Waals surface area contributed by atoms with E-state index in [0.29, 0.717) is 6.07 Å². The Hall–Kier alpha value is -3.38. The smallest absolute Gasteiger partial charge is 0.435 e. The number of nitrogens with one attached hydrogen (secondary N) is 2. The molecule has 10 nitrogen and oxygen atoms in total. The average Bonchev–Trinajstić information content (AvgIpc) is 3.24. The maximum absolute atomic E-state index is 12.7. The Morgan fingerprint density at radius 3 is 2.39 bits per heavy atom. The second-order valence-electron chi connectivity index (χ2n) is 5.56.